The van der Waals surface area contributed by atoms with Crippen molar-refractivity contribution in [2.75, 3.05) is 19.3 Å². The fourth-order valence-electron chi connectivity index (χ4n) is 2.67. The number of pyridine rings is 1. The van der Waals surface area contributed by atoms with Gasteiger partial charge >= 0.3 is 0 Å². The molecule has 1 atom stereocenters. The molecule has 22 heavy (non-hydrogen) atoms. The molecule has 0 spiro atoms. The molecule has 0 aliphatic carbocycles. The SMILES string of the molecule is CS(=O)(=O)c1cnc(-c2ccccn2)nc1C1CCCNC1. The number of hydrogen-bond donors (Lipinski definition) is 1. The minimum atomic E-state index is -3.35. The molecule has 116 valence electrons. The van der Waals surface area contributed by atoms with E-state index in [4.69, 9.17) is 0 Å². The fourth-order valence-corrected chi connectivity index (χ4v) is 3.50. The summed E-state index contributed by atoms with van der Waals surface area (Å²) in [6.07, 6.45) is 6.22. The number of rotatable bonds is 3. The molecule has 1 unspecified atom stereocenters. The third kappa shape index (κ3) is 3.15. The second-order valence-electron chi connectivity index (χ2n) is 5.47. The van der Waals surface area contributed by atoms with Crippen LogP contribution in [0.2, 0.25) is 0 Å². The highest BCUT2D eigenvalue weighted by Crippen LogP contribution is 2.28. The third-order valence-electron chi connectivity index (χ3n) is 3.76. The minimum Gasteiger partial charge on any atom is -0.316 e. The predicted molar refractivity (Wildman–Crippen MR) is 83.2 cm³/mol. The summed E-state index contributed by atoms with van der Waals surface area (Å²) >= 11 is 0. The first-order valence-corrected chi connectivity index (χ1v) is 9.14. The Kier molecular flexibility index (Phi) is 4.17. The molecule has 1 saturated heterocycles. The van der Waals surface area contributed by atoms with Gasteiger partial charge in [-0.15, -0.1) is 0 Å². The first-order chi connectivity index (χ1) is 10.6. The lowest BCUT2D eigenvalue weighted by molar-refractivity contribution is 0.448. The van der Waals surface area contributed by atoms with Gasteiger partial charge in [0.05, 0.1) is 5.69 Å². The standard InChI is InChI=1S/C15H18N4O2S/c1-22(20,21)13-10-18-15(12-6-2-3-8-17-12)19-14(13)11-5-4-7-16-9-11/h2-3,6,8,10-11,16H,4-5,7,9H2,1H3. The Bertz CT molecular complexity index is 756. The van der Waals surface area contributed by atoms with Crippen molar-refractivity contribution in [3.05, 3.63) is 36.3 Å². The van der Waals surface area contributed by atoms with Gasteiger partial charge in [-0.2, -0.15) is 0 Å². The molecule has 1 aliphatic rings. The van der Waals surface area contributed by atoms with Crippen molar-refractivity contribution in [1.29, 1.82) is 0 Å². The molecule has 0 bridgehead atoms. The van der Waals surface area contributed by atoms with Gasteiger partial charge in [-0.1, -0.05) is 6.07 Å². The monoisotopic (exact) mass is 318 g/mol. The molecule has 2 aromatic heterocycles. The van der Waals surface area contributed by atoms with Crippen LogP contribution in [-0.2, 0) is 9.84 Å². The van der Waals surface area contributed by atoms with Crippen LogP contribution >= 0.6 is 0 Å². The molecular weight excluding hydrogens is 300 g/mol. The second-order valence-corrected chi connectivity index (χ2v) is 7.46. The first kappa shape index (κ1) is 15.1. The smallest absolute Gasteiger partial charge is 0.178 e. The molecule has 3 rings (SSSR count). The molecular formula is C15H18N4O2S. The molecule has 1 fully saturated rings. The van der Waals surface area contributed by atoms with E-state index in [1.165, 1.54) is 12.5 Å². The minimum absolute atomic E-state index is 0.0870. The summed E-state index contributed by atoms with van der Waals surface area (Å²) in [5, 5.41) is 3.30. The highest BCUT2D eigenvalue weighted by atomic mass is 32.2. The maximum Gasteiger partial charge on any atom is 0.178 e. The number of hydrogen-bond acceptors (Lipinski definition) is 6. The summed E-state index contributed by atoms with van der Waals surface area (Å²) in [4.78, 5) is 13.2. The molecule has 0 radical (unpaired) electrons. The summed E-state index contributed by atoms with van der Waals surface area (Å²) in [5.41, 5.74) is 1.25. The van der Waals surface area contributed by atoms with Gasteiger partial charge in [-0.3, -0.25) is 4.98 Å². The van der Waals surface area contributed by atoms with E-state index in [-0.39, 0.29) is 10.8 Å². The molecule has 7 heteroatoms. The lowest BCUT2D eigenvalue weighted by Gasteiger charge is -2.24. The zero-order chi connectivity index (χ0) is 15.6. The molecule has 1 N–H and O–H groups in total. The topological polar surface area (TPSA) is 84.8 Å². The van der Waals surface area contributed by atoms with Gasteiger partial charge in [-0.05, 0) is 31.5 Å². The van der Waals surface area contributed by atoms with Crippen LogP contribution in [0.25, 0.3) is 11.5 Å². The van der Waals surface area contributed by atoms with Crippen molar-refractivity contribution in [2.45, 2.75) is 23.7 Å². The van der Waals surface area contributed by atoms with Crippen molar-refractivity contribution >= 4 is 9.84 Å². The van der Waals surface area contributed by atoms with Gasteiger partial charge in [0, 0.05) is 31.1 Å². The van der Waals surface area contributed by atoms with E-state index in [2.05, 4.69) is 20.3 Å². The second kappa shape index (κ2) is 6.10. The van der Waals surface area contributed by atoms with Crippen molar-refractivity contribution < 1.29 is 8.42 Å². The van der Waals surface area contributed by atoms with Crippen molar-refractivity contribution in [1.82, 2.24) is 20.3 Å². The van der Waals surface area contributed by atoms with Gasteiger partial charge in [0.15, 0.2) is 15.7 Å². The highest BCUT2D eigenvalue weighted by Gasteiger charge is 2.25. The quantitative estimate of drug-likeness (QED) is 0.921. The molecule has 0 amide bonds. The Hall–Kier alpha value is -1.86. The van der Waals surface area contributed by atoms with Gasteiger partial charge in [0.25, 0.3) is 0 Å². The van der Waals surface area contributed by atoms with Crippen LogP contribution in [-0.4, -0.2) is 42.7 Å². The van der Waals surface area contributed by atoms with Crippen LogP contribution in [0.15, 0.2) is 35.5 Å². The highest BCUT2D eigenvalue weighted by molar-refractivity contribution is 7.90. The first-order valence-electron chi connectivity index (χ1n) is 7.25. The van der Waals surface area contributed by atoms with E-state index in [1.54, 1.807) is 6.20 Å². The number of nitrogens with one attached hydrogen (secondary N) is 1. The van der Waals surface area contributed by atoms with Crippen LogP contribution in [0, 0.1) is 0 Å². The Morgan fingerprint density at radius 2 is 2.14 bits per heavy atom. The Morgan fingerprint density at radius 1 is 1.27 bits per heavy atom. The van der Waals surface area contributed by atoms with Crippen molar-refractivity contribution in [3.63, 3.8) is 0 Å². The Morgan fingerprint density at radius 3 is 2.77 bits per heavy atom. The average molecular weight is 318 g/mol. The van der Waals surface area contributed by atoms with Gasteiger partial charge in [0.2, 0.25) is 0 Å². The zero-order valence-electron chi connectivity index (χ0n) is 12.4. The molecule has 0 aromatic carbocycles. The Labute approximate surface area is 130 Å². The van der Waals surface area contributed by atoms with E-state index < -0.39 is 9.84 Å². The predicted octanol–water partition coefficient (Wildman–Crippen LogP) is 1.41. The van der Waals surface area contributed by atoms with Gasteiger partial charge < -0.3 is 5.32 Å². The number of aromatic nitrogens is 3. The van der Waals surface area contributed by atoms with Crippen molar-refractivity contribution in [2.24, 2.45) is 0 Å². The van der Waals surface area contributed by atoms with E-state index in [0.29, 0.717) is 17.2 Å². The zero-order valence-corrected chi connectivity index (χ0v) is 13.2. The van der Waals surface area contributed by atoms with E-state index in [9.17, 15) is 8.42 Å². The largest absolute Gasteiger partial charge is 0.316 e. The summed E-state index contributed by atoms with van der Waals surface area (Å²) in [6.45, 7) is 1.70. The normalized spacial score (nSPS) is 19.0. The summed E-state index contributed by atoms with van der Waals surface area (Å²) in [6, 6.07) is 5.50. The lowest BCUT2D eigenvalue weighted by atomic mass is 9.96. The molecule has 2 aromatic rings. The molecule has 6 nitrogen and oxygen atoms in total. The van der Waals surface area contributed by atoms with Crippen LogP contribution in [0.4, 0.5) is 0 Å². The number of sulfone groups is 1. The van der Waals surface area contributed by atoms with E-state index in [1.807, 2.05) is 18.2 Å². The summed E-state index contributed by atoms with van der Waals surface area (Å²) in [5.74, 6) is 0.553. The number of piperidine rings is 1. The van der Waals surface area contributed by atoms with Crippen LogP contribution in [0.3, 0.4) is 0 Å². The fraction of sp³-hybridized carbons (Fsp3) is 0.400. The maximum absolute atomic E-state index is 12.0. The average Bonchev–Trinajstić information content (AvgIpc) is 2.55. The Balaban J connectivity index is 2.10. The van der Waals surface area contributed by atoms with Crippen LogP contribution in [0.5, 0.6) is 0 Å². The summed E-state index contributed by atoms with van der Waals surface area (Å²) in [7, 11) is -3.35. The third-order valence-corrected chi connectivity index (χ3v) is 4.87. The van der Waals surface area contributed by atoms with Crippen LogP contribution in [0.1, 0.15) is 24.5 Å². The molecule has 3 heterocycles. The molecule has 0 saturated carbocycles. The maximum atomic E-state index is 12.0. The number of nitrogens with zero attached hydrogens (tertiary/aromatic N) is 3. The summed E-state index contributed by atoms with van der Waals surface area (Å²) < 4.78 is 24.1. The van der Waals surface area contributed by atoms with E-state index >= 15 is 0 Å². The van der Waals surface area contributed by atoms with E-state index in [0.717, 1.165) is 25.9 Å². The van der Waals surface area contributed by atoms with Gasteiger partial charge in [0.1, 0.15) is 10.6 Å². The molecule has 1 aliphatic heterocycles. The van der Waals surface area contributed by atoms with Crippen molar-refractivity contribution in [3.8, 4) is 11.5 Å². The lowest BCUT2D eigenvalue weighted by Crippen LogP contribution is -2.30. The van der Waals surface area contributed by atoms with Gasteiger partial charge in [-0.25, -0.2) is 18.4 Å². The van der Waals surface area contributed by atoms with Crippen LogP contribution < -0.4 is 5.32 Å².